The number of aryl methyl sites for hydroxylation is 2. The third-order valence-corrected chi connectivity index (χ3v) is 4.56. The first kappa shape index (κ1) is 14.2. The predicted molar refractivity (Wildman–Crippen MR) is 85.6 cm³/mol. The van der Waals surface area contributed by atoms with Crippen LogP contribution in [-0.2, 0) is 19.4 Å². The average Bonchev–Trinajstić information content (AvgIpc) is 3.04. The summed E-state index contributed by atoms with van der Waals surface area (Å²) in [5.74, 6) is 0. The zero-order valence-electron chi connectivity index (χ0n) is 12.3. The van der Waals surface area contributed by atoms with E-state index in [0.717, 1.165) is 46.2 Å². The summed E-state index contributed by atoms with van der Waals surface area (Å²) in [5, 5.41) is 15.3. The topological polar surface area (TPSA) is 50.4 Å². The van der Waals surface area contributed by atoms with Gasteiger partial charge in [0.15, 0.2) is 0 Å². The van der Waals surface area contributed by atoms with Gasteiger partial charge in [-0.3, -0.25) is 0 Å². The van der Waals surface area contributed by atoms with Gasteiger partial charge in [0, 0.05) is 12.0 Å². The highest BCUT2D eigenvalue weighted by Gasteiger charge is 2.17. The van der Waals surface area contributed by atoms with Crippen LogP contribution in [0.5, 0.6) is 0 Å². The molecule has 0 aliphatic heterocycles. The summed E-state index contributed by atoms with van der Waals surface area (Å²) in [6.07, 6.45) is 3.04. The summed E-state index contributed by atoms with van der Waals surface area (Å²) < 4.78 is 1.79. The highest BCUT2D eigenvalue weighted by molar-refractivity contribution is 7.16. The van der Waals surface area contributed by atoms with E-state index in [-0.39, 0.29) is 6.61 Å². The normalized spacial score (nSPS) is 11.4. The van der Waals surface area contributed by atoms with Crippen LogP contribution in [0.4, 0.5) is 0 Å². The van der Waals surface area contributed by atoms with Crippen LogP contribution in [0.15, 0.2) is 24.3 Å². The fraction of sp³-hybridized carbons (Fsp3) is 0.375. The van der Waals surface area contributed by atoms with E-state index in [4.69, 9.17) is 0 Å². The second kappa shape index (κ2) is 5.95. The number of aliphatic hydroxyl groups excluding tert-OH is 1. The molecule has 0 aliphatic rings. The van der Waals surface area contributed by atoms with Crippen molar-refractivity contribution in [3.8, 4) is 11.3 Å². The molecule has 5 heteroatoms. The number of nitrogens with zero attached hydrogens (tertiary/aromatic N) is 3. The molecule has 21 heavy (non-hydrogen) atoms. The molecule has 2 aromatic heterocycles. The Morgan fingerprint density at radius 2 is 1.95 bits per heavy atom. The van der Waals surface area contributed by atoms with Crippen molar-refractivity contribution in [3.05, 3.63) is 40.5 Å². The molecular formula is C16H19N3OS. The fourth-order valence-electron chi connectivity index (χ4n) is 2.42. The number of fused-ring (bicyclic) bond motifs is 1. The lowest BCUT2D eigenvalue weighted by Crippen LogP contribution is -1.96. The van der Waals surface area contributed by atoms with Crippen LogP contribution in [0.3, 0.4) is 0 Å². The van der Waals surface area contributed by atoms with Gasteiger partial charge < -0.3 is 5.11 Å². The van der Waals surface area contributed by atoms with Gasteiger partial charge in [0.05, 0.1) is 18.0 Å². The van der Waals surface area contributed by atoms with E-state index in [1.807, 2.05) is 0 Å². The standard InChI is InChI=1S/C16H19N3OS/c1-3-5-14-18-19-13(10-20)15(17-16(19)21-14)12-8-6-11(4-2)7-9-12/h6-9,20H,3-5,10H2,1-2H3. The second-order valence-electron chi connectivity index (χ2n) is 5.06. The lowest BCUT2D eigenvalue weighted by Gasteiger charge is -2.02. The van der Waals surface area contributed by atoms with Gasteiger partial charge in [0.1, 0.15) is 5.01 Å². The van der Waals surface area contributed by atoms with Crippen LogP contribution in [0.25, 0.3) is 16.2 Å². The van der Waals surface area contributed by atoms with Crippen molar-refractivity contribution in [2.45, 2.75) is 39.7 Å². The van der Waals surface area contributed by atoms with E-state index in [1.54, 1.807) is 15.9 Å². The van der Waals surface area contributed by atoms with Gasteiger partial charge >= 0.3 is 0 Å². The quantitative estimate of drug-likeness (QED) is 0.785. The van der Waals surface area contributed by atoms with Crippen LogP contribution in [0.2, 0.25) is 0 Å². The molecule has 0 aliphatic carbocycles. The Hall–Kier alpha value is -1.72. The maximum Gasteiger partial charge on any atom is 0.213 e. The first-order valence-corrected chi connectivity index (χ1v) is 8.16. The average molecular weight is 301 g/mol. The summed E-state index contributed by atoms with van der Waals surface area (Å²) in [5.41, 5.74) is 3.94. The number of aromatic nitrogens is 3. The zero-order chi connectivity index (χ0) is 14.8. The number of hydrogen-bond donors (Lipinski definition) is 1. The Balaban J connectivity index is 2.06. The predicted octanol–water partition coefficient (Wildman–Crippen LogP) is 3.47. The van der Waals surface area contributed by atoms with E-state index in [0.29, 0.717) is 0 Å². The molecule has 0 amide bonds. The molecule has 0 saturated carbocycles. The highest BCUT2D eigenvalue weighted by atomic mass is 32.1. The lowest BCUT2D eigenvalue weighted by molar-refractivity contribution is 0.275. The van der Waals surface area contributed by atoms with E-state index in [9.17, 15) is 5.11 Å². The first-order chi connectivity index (χ1) is 10.3. The van der Waals surface area contributed by atoms with Crippen molar-refractivity contribution >= 4 is 16.3 Å². The minimum Gasteiger partial charge on any atom is -0.390 e. The minimum absolute atomic E-state index is 0.0542. The molecule has 3 rings (SSSR count). The van der Waals surface area contributed by atoms with E-state index < -0.39 is 0 Å². The van der Waals surface area contributed by atoms with Crippen molar-refractivity contribution < 1.29 is 5.11 Å². The Morgan fingerprint density at radius 3 is 2.57 bits per heavy atom. The molecule has 110 valence electrons. The third kappa shape index (κ3) is 2.59. The number of benzene rings is 1. The number of imidazole rings is 1. The van der Waals surface area contributed by atoms with Gasteiger partial charge in [-0.2, -0.15) is 5.10 Å². The van der Waals surface area contributed by atoms with Crippen molar-refractivity contribution in [2.75, 3.05) is 0 Å². The molecule has 0 fully saturated rings. The number of rotatable bonds is 5. The van der Waals surface area contributed by atoms with Crippen LogP contribution in [0, 0.1) is 0 Å². The number of aliphatic hydroxyl groups is 1. The molecule has 0 saturated heterocycles. The maximum atomic E-state index is 9.71. The minimum atomic E-state index is -0.0542. The molecule has 4 nitrogen and oxygen atoms in total. The molecule has 0 bridgehead atoms. The van der Waals surface area contributed by atoms with Crippen LogP contribution in [-0.4, -0.2) is 19.7 Å². The second-order valence-corrected chi connectivity index (χ2v) is 6.10. The van der Waals surface area contributed by atoms with Crippen molar-refractivity contribution in [3.63, 3.8) is 0 Å². The fourth-order valence-corrected chi connectivity index (χ4v) is 3.43. The highest BCUT2D eigenvalue weighted by Crippen LogP contribution is 2.27. The smallest absolute Gasteiger partial charge is 0.213 e. The molecular weight excluding hydrogens is 282 g/mol. The lowest BCUT2D eigenvalue weighted by atomic mass is 10.1. The SMILES string of the molecule is CCCc1nn2c(CO)c(-c3ccc(CC)cc3)nc2s1. The van der Waals surface area contributed by atoms with Crippen LogP contribution < -0.4 is 0 Å². The number of hydrogen-bond acceptors (Lipinski definition) is 4. The van der Waals surface area contributed by atoms with Crippen LogP contribution >= 0.6 is 11.3 Å². The summed E-state index contributed by atoms with van der Waals surface area (Å²) in [7, 11) is 0. The van der Waals surface area contributed by atoms with E-state index in [1.165, 1.54) is 5.56 Å². The van der Waals surface area contributed by atoms with Gasteiger partial charge in [-0.25, -0.2) is 9.50 Å². The zero-order valence-corrected chi connectivity index (χ0v) is 13.2. The van der Waals surface area contributed by atoms with E-state index in [2.05, 4.69) is 48.2 Å². The molecule has 2 heterocycles. The van der Waals surface area contributed by atoms with Gasteiger partial charge in [-0.05, 0) is 18.4 Å². The van der Waals surface area contributed by atoms with Crippen LogP contribution in [0.1, 0.15) is 36.5 Å². The Morgan fingerprint density at radius 1 is 1.19 bits per heavy atom. The Labute approximate surface area is 128 Å². The van der Waals surface area contributed by atoms with E-state index >= 15 is 0 Å². The van der Waals surface area contributed by atoms with Gasteiger partial charge in [0.25, 0.3) is 0 Å². The Bertz CT molecular complexity index is 743. The molecule has 1 aromatic carbocycles. The molecule has 0 spiro atoms. The summed E-state index contributed by atoms with van der Waals surface area (Å²) in [4.78, 5) is 5.53. The molecule has 1 N–H and O–H groups in total. The molecule has 0 atom stereocenters. The van der Waals surface area contributed by atoms with Crippen molar-refractivity contribution in [1.29, 1.82) is 0 Å². The van der Waals surface area contributed by atoms with Crippen molar-refractivity contribution in [1.82, 2.24) is 14.6 Å². The van der Waals surface area contributed by atoms with Gasteiger partial charge in [0.2, 0.25) is 4.96 Å². The summed E-state index contributed by atoms with van der Waals surface area (Å²) >= 11 is 1.60. The summed E-state index contributed by atoms with van der Waals surface area (Å²) in [6, 6.07) is 8.36. The molecule has 0 radical (unpaired) electrons. The summed E-state index contributed by atoms with van der Waals surface area (Å²) in [6.45, 7) is 4.22. The largest absolute Gasteiger partial charge is 0.390 e. The van der Waals surface area contributed by atoms with Gasteiger partial charge in [-0.1, -0.05) is 49.4 Å². The maximum absolute atomic E-state index is 9.71. The first-order valence-electron chi connectivity index (χ1n) is 7.34. The monoisotopic (exact) mass is 301 g/mol. The Kier molecular flexibility index (Phi) is 4.03. The third-order valence-electron chi connectivity index (χ3n) is 3.59. The molecule has 0 unspecified atom stereocenters. The van der Waals surface area contributed by atoms with Gasteiger partial charge in [-0.15, -0.1) is 0 Å². The van der Waals surface area contributed by atoms with Crippen molar-refractivity contribution in [2.24, 2.45) is 0 Å². The molecule has 3 aromatic rings.